The second-order valence-electron chi connectivity index (χ2n) is 7.00. The van der Waals surface area contributed by atoms with Crippen LogP contribution in [0.2, 0.25) is 0 Å². The number of carbonyl (C=O) groups is 2. The zero-order valence-corrected chi connectivity index (χ0v) is 14.9. The van der Waals surface area contributed by atoms with Gasteiger partial charge in [0.15, 0.2) is 0 Å². The lowest BCUT2D eigenvalue weighted by Crippen LogP contribution is -2.66. The van der Waals surface area contributed by atoms with Crippen molar-refractivity contribution in [3.8, 4) is 11.3 Å². The minimum atomic E-state index is -0.122. The molecular formula is C20H24N4O2. The number of H-pyrrole nitrogens is 1. The summed E-state index contributed by atoms with van der Waals surface area (Å²) in [4.78, 5) is 32.0. The Labute approximate surface area is 153 Å². The van der Waals surface area contributed by atoms with Gasteiger partial charge in [-0.05, 0) is 30.7 Å². The Balaban J connectivity index is 1.29. The van der Waals surface area contributed by atoms with Gasteiger partial charge in [-0.25, -0.2) is 0 Å². The van der Waals surface area contributed by atoms with Gasteiger partial charge in [-0.3, -0.25) is 14.5 Å². The monoisotopic (exact) mass is 352 g/mol. The Hall–Kier alpha value is -2.60. The highest BCUT2D eigenvalue weighted by Crippen LogP contribution is 2.22. The molecule has 2 N–H and O–H groups in total. The molecule has 2 saturated heterocycles. The van der Waals surface area contributed by atoms with E-state index < -0.39 is 0 Å². The minimum Gasteiger partial charge on any atom is -0.351 e. The molecule has 0 saturated carbocycles. The second-order valence-corrected chi connectivity index (χ2v) is 7.00. The first-order chi connectivity index (χ1) is 12.7. The Morgan fingerprint density at radius 1 is 1.15 bits per heavy atom. The molecule has 1 unspecified atom stereocenters. The highest BCUT2D eigenvalue weighted by molar-refractivity contribution is 5.94. The Kier molecular flexibility index (Phi) is 4.51. The number of amides is 2. The summed E-state index contributed by atoms with van der Waals surface area (Å²) in [5.74, 6) is 0.0814. The molecule has 1 aromatic carbocycles. The maximum absolute atomic E-state index is 12.4. The van der Waals surface area contributed by atoms with Crippen LogP contribution in [-0.4, -0.2) is 64.9 Å². The quantitative estimate of drug-likeness (QED) is 0.861. The van der Waals surface area contributed by atoms with Gasteiger partial charge in [0.05, 0.1) is 12.1 Å². The number of hydrogen-bond acceptors (Lipinski definition) is 3. The first-order valence-electron chi connectivity index (χ1n) is 9.24. The topological polar surface area (TPSA) is 68.4 Å². The van der Waals surface area contributed by atoms with Crippen molar-refractivity contribution in [2.75, 3.05) is 26.2 Å². The summed E-state index contributed by atoms with van der Waals surface area (Å²) in [5, 5.41) is 3.00. The number of likely N-dealkylation sites (tertiary alicyclic amines) is 2. The lowest BCUT2D eigenvalue weighted by Gasteiger charge is -2.46. The Morgan fingerprint density at radius 2 is 1.92 bits per heavy atom. The fourth-order valence-electron chi connectivity index (χ4n) is 3.64. The molecule has 136 valence electrons. The number of carbonyl (C=O) groups excluding carboxylic acids is 2. The van der Waals surface area contributed by atoms with Gasteiger partial charge in [0, 0.05) is 25.3 Å². The van der Waals surface area contributed by atoms with Crippen LogP contribution >= 0.6 is 0 Å². The molecule has 6 nitrogen and oxygen atoms in total. The van der Waals surface area contributed by atoms with Crippen molar-refractivity contribution in [2.24, 2.45) is 0 Å². The normalized spacial score (nSPS) is 20.3. The summed E-state index contributed by atoms with van der Waals surface area (Å²) in [5.41, 5.74) is 2.52. The second kappa shape index (κ2) is 6.96. The largest absolute Gasteiger partial charge is 0.351 e. The maximum Gasteiger partial charge on any atom is 0.268 e. The predicted octanol–water partition coefficient (Wildman–Crippen LogP) is 1.72. The molecule has 0 spiro atoms. The molecule has 1 atom stereocenters. The SMILES string of the molecule is CCN1CCC1C(=O)N1CC(NC(=O)c2ccc(-c3ccccc3)[nH]2)C1. The van der Waals surface area contributed by atoms with E-state index in [-0.39, 0.29) is 23.9 Å². The third kappa shape index (κ3) is 3.12. The van der Waals surface area contributed by atoms with E-state index >= 15 is 0 Å². The summed E-state index contributed by atoms with van der Waals surface area (Å²) < 4.78 is 0. The zero-order chi connectivity index (χ0) is 18.1. The molecule has 6 heteroatoms. The van der Waals surface area contributed by atoms with Crippen LogP contribution in [-0.2, 0) is 4.79 Å². The molecular weight excluding hydrogens is 328 g/mol. The zero-order valence-electron chi connectivity index (χ0n) is 14.9. The van der Waals surface area contributed by atoms with Gasteiger partial charge in [-0.15, -0.1) is 0 Å². The van der Waals surface area contributed by atoms with E-state index in [2.05, 4.69) is 22.1 Å². The van der Waals surface area contributed by atoms with E-state index in [4.69, 9.17) is 0 Å². The highest BCUT2D eigenvalue weighted by atomic mass is 16.2. The highest BCUT2D eigenvalue weighted by Gasteiger charge is 2.40. The van der Waals surface area contributed by atoms with Crippen LogP contribution in [0.5, 0.6) is 0 Å². The van der Waals surface area contributed by atoms with Gasteiger partial charge in [0.25, 0.3) is 5.91 Å². The third-order valence-corrected chi connectivity index (χ3v) is 5.37. The number of likely N-dealkylation sites (N-methyl/N-ethyl adjacent to an activating group) is 1. The standard InChI is InChI=1S/C20H24N4O2/c1-2-23-11-10-18(23)20(26)24-12-15(13-24)21-19(25)17-9-8-16(22-17)14-6-4-3-5-7-14/h3-9,15,18,22H,2,10-13H2,1H3,(H,21,25). The van der Waals surface area contributed by atoms with Crippen LogP contribution in [0.1, 0.15) is 23.8 Å². The van der Waals surface area contributed by atoms with Crippen LogP contribution in [0.3, 0.4) is 0 Å². The van der Waals surface area contributed by atoms with E-state index in [9.17, 15) is 9.59 Å². The molecule has 2 fully saturated rings. The number of nitrogens with one attached hydrogen (secondary N) is 2. The molecule has 0 aliphatic carbocycles. The van der Waals surface area contributed by atoms with Gasteiger partial charge in [-0.1, -0.05) is 37.3 Å². The van der Waals surface area contributed by atoms with Crippen LogP contribution in [0.4, 0.5) is 0 Å². The lowest BCUT2D eigenvalue weighted by atomic mass is 9.98. The summed E-state index contributed by atoms with van der Waals surface area (Å²) in [7, 11) is 0. The third-order valence-electron chi connectivity index (χ3n) is 5.37. The van der Waals surface area contributed by atoms with Crippen LogP contribution in [0.15, 0.2) is 42.5 Å². The number of rotatable bonds is 5. The average Bonchev–Trinajstić information content (AvgIpc) is 3.08. The van der Waals surface area contributed by atoms with Crippen molar-refractivity contribution in [2.45, 2.75) is 25.4 Å². The minimum absolute atomic E-state index is 0.0325. The molecule has 2 aliphatic heterocycles. The van der Waals surface area contributed by atoms with Crippen molar-refractivity contribution < 1.29 is 9.59 Å². The smallest absolute Gasteiger partial charge is 0.268 e. The first kappa shape index (κ1) is 16.8. The van der Waals surface area contributed by atoms with Gasteiger partial charge < -0.3 is 15.2 Å². The fourth-order valence-corrected chi connectivity index (χ4v) is 3.64. The van der Waals surface area contributed by atoms with Gasteiger partial charge in [-0.2, -0.15) is 0 Å². The summed E-state index contributed by atoms with van der Waals surface area (Å²) in [6.45, 7) is 5.22. The maximum atomic E-state index is 12.4. The Bertz CT molecular complexity index is 793. The van der Waals surface area contributed by atoms with E-state index in [0.29, 0.717) is 18.8 Å². The van der Waals surface area contributed by atoms with Crippen molar-refractivity contribution in [3.05, 3.63) is 48.2 Å². The molecule has 26 heavy (non-hydrogen) atoms. The van der Waals surface area contributed by atoms with Crippen molar-refractivity contribution in [1.82, 2.24) is 20.1 Å². The number of aromatic amines is 1. The summed E-state index contributed by atoms with van der Waals surface area (Å²) in [6.07, 6.45) is 0.949. The molecule has 2 aliphatic rings. The van der Waals surface area contributed by atoms with E-state index in [1.807, 2.05) is 41.3 Å². The van der Waals surface area contributed by atoms with Crippen molar-refractivity contribution in [1.29, 1.82) is 0 Å². The van der Waals surface area contributed by atoms with Crippen LogP contribution < -0.4 is 5.32 Å². The van der Waals surface area contributed by atoms with E-state index in [1.165, 1.54) is 0 Å². The van der Waals surface area contributed by atoms with E-state index in [0.717, 1.165) is 30.8 Å². The van der Waals surface area contributed by atoms with Gasteiger partial charge in [0.2, 0.25) is 5.91 Å². The molecule has 4 rings (SSSR count). The fraction of sp³-hybridized carbons (Fsp3) is 0.400. The molecule has 1 aromatic heterocycles. The first-order valence-corrected chi connectivity index (χ1v) is 9.24. The lowest BCUT2D eigenvalue weighted by molar-refractivity contribution is -0.146. The van der Waals surface area contributed by atoms with Crippen molar-refractivity contribution >= 4 is 11.8 Å². The summed E-state index contributed by atoms with van der Waals surface area (Å²) in [6, 6.07) is 13.7. The van der Waals surface area contributed by atoms with Gasteiger partial charge in [0.1, 0.15) is 5.69 Å². The Morgan fingerprint density at radius 3 is 2.58 bits per heavy atom. The predicted molar refractivity (Wildman–Crippen MR) is 99.7 cm³/mol. The number of aromatic nitrogens is 1. The molecule has 3 heterocycles. The number of nitrogens with zero attached hydrogens (tertiary/aromatic N) is 2. The van der Waals surface area contributed by atoms with Crippen LogP contribution in [0, 0.1) is 0 Å². The van der Waals surface area contributed by atoms with Crippen molar-refractivity contribution in [3.63, 3.8) is 0 Å². The molecule has 2 amide bonds. The van der Waals surface area contributed by atoms with Crippen LogP contribution in [0.25, 0.3) is 11.3 Å². The number of hydrogen-bond donors (Lipinski definition) is 2. The summed E-state index contributed by atoms with van der Waals surface area (Å²) >= 11 is 0. The molecule has 0 bridgehead atoms. The van der Waals surface area contributed by atoms with E-state index in [1.54, 1.807) is 6.07 Å². The van der Waals surface area contributed by atoms with Gasteiger partial charge >= 0.3 is 0 Å². The molecule has 2 aromatic rings. The average molecular weight is 352 g/mol. The molecule has 0 radical (unpaired) electrons. The number of benzene rings is 1.